The van der Waals surface area contributed by atoms with E-state index in [4.69, 9.17) is 0 Å². The van der Waals surface area contributed by atoms with E-state index in [1.54, 1.807) is 20.0 Å². The minimum atomic E-state index is -0.331. The molecule has 0 amide bonds. The van der Waals surface area contributed by atoms with E-state index < -0.39 is 0 Å². The quantitative estimate of drug-likeness (QED) is 0.789. The molecule has 1 aliphatic rings. The molecule has 0 spiro atoms. The lowest BCUT2D eigenvalue weighted by atomic mass is 10.1. The summed E-state index contributed by atoms with van der Waals surface area (Å²) in [5.74, 6) is 1.06. The van der Waals surface area contributed by atoms with Crippen LogP contribution in [0, 0.1) is 0 Å². The van der Waals surface area contributed by atoms with Gasteiger partial charge in [-0.1, -0.05) is 0 Å². The summed E-state index contributed by atoms with van der Waals surface area (Å²) < 4.78 is 0. The molecule has 2 N–H and O–H groups in total. The van der Waals surface area contributed by atoms with Gasteiger partial charge in [0.2, 0.25) is 0 Å². The first kappa shape index (κ1) is 16.4. The lowest BCUT2D eigenvalue weighted by Gasteiger charge is -2.28. The maximum Gasteiger partial charge on any atom is 0.151 e. The highest BCUT2D eigenvalue weighted by Crippen LogP contribution is 2.18. The maximum absolute atomic E-state index is 11.7. The van der Waals surface area contributed by atoms with Gasteiger partial charge in [0.05, 0.1) is 6.04 Å². The molecular formula is C16H24N4O2. The van der Waals surface area contributed by atoms with E-state index in [0.717, 1.165) is 37.7 Å². The lowest BCUT2D eigenvalue weighted by Crippen LogP contribution is -2.43. The Labute approximate surface area is 131 Å². The van der Waals surface area contributed by atoms with Crippen LogP contribution in [0.15, 0.2) is 18.3 Å². The first-order valence-corrected chi connectivity index (χ1v) is 7.74. The van der Waals surface area contributed by atoms with Gasteiger partial charge >= 0.3 is 0 Å². The van der Waals surface area contributed by atoms with Crippen molar-refractivity contribution in [3.63, 3.8) is 0 Å². The van der Waals surface area contributed by atoms with Crippen LogP contribution in [0.1, 0.15) is 26.7 Å². The minimum Gasteiger partial charge on any atom is -0.375 e. The molecule has 1 fully saturated rings. The number of carbonyl (C=O) groups excluding carboxylic acids is 2. The fourth-order valence-electron chi connectivity index (χ4n) is 2.50. The molecule has 2 rings (SSSR count). The van der Waals surface area contributed by atoms with E-state index in [-0.39, 0.29) is 17.6 Å². The molecule has 6 heteroatoms. The number of hydrogen-bond donors (Lipinski definition) is 2. The Morgan fingerprint density at radius 3 is 2.73 bits per heavy atom. The molecule has 1 aliphatic heterocycles. The predicted molar refractivity (Wildman–Crippen MR) is 87.3 cm³/mol. The van der Waals surface area contributed by atoms with Gasteiger partial charge < -0.3 is 20.3 Å². The van der Waals surface area contributed by atoms with Crippen molar-refractivity contribution >= 4 is 23.1 Å². The van der Waals surface area contributed by atoms with Gasteiger partial charge in [-0.3, -0.25) is 4.79 Å². The van der Waals surface area contributed by atoms with E-state index in [1.165, 1.54) is 0 Å². The number of Topliss-reactive ketones (excluding diaryl/α,β-unsaturated/α-hetero) is 2. The lowest BCUT2D eigenvalue weighted by molar-refractivity contribution is -0.118. The second-order valence-electron chi connectivity index (χ2n) is 5.69. The Kier molecular flexibility index (Phi) is 5.89. The highest BCUT2D eigenvalue weighted by Gasteiger charge is 2.16. The molecule has 6 nitrogen and oxygen atoms in total. The number of anilines is 2. The number of rotatable bonds is 7. The summed E-state index contributed by atoms with van der Waals surface area (Å²) >= 11 is 0. The van der Waals surface area contributed by atoms with E-state index >= 15 is 0 Å². The van der Waals surface area contributed by atoms with Crippen LogP contribution in [0.25, 0.3) is 0 Å². The zero-order chi connectivity index (χ0) is 15.9. The predicted octanol–water partition coefficient (Wildman–Crippen LogP) is 1.23. The molecule has 1 saturated heterocycles. The molecule has 1 atom stereocenters. The molecule has 0 aromatic carbocycles. The van der Waals surface area contributed by atoms with Crippen molar-refractivity contribution < 1.29 is 9.59 Å². The number of nitrogens with one attached hydrogen (secondary N) is 2. The van der Waals surface area contributed by atoms with Crippen molar-refractivity contribution in [2.24, 2.45) is 0 Å². The zero-order valence-electron chi connectivity index (χ0n) is 13.3. The van der Waals surface area contributed by atoms with E-state index in [0.29, 0.717) is 12.8 Å². The van der Waals surface area contributed by atoms with E-state index in [9.17, 15) is 9.59 Å². The molecule has 0 aliphatic carbocycles. The molecule has 120 valence electrons. The smallest absolute Gasteiger partial charge is 0.151 e. The Bertz CT molecular complexity index is 527. The van der Waals surface area contributed by atoms with E-state index in [2.05, 4.69) is 20.5 Å². The van der Waals surface area contributed by atoms with Crippen LogP contribution in [-0.4, -0.2) is 48.8 Å². The molecule has 1 aromatic heterocycles. The summed E-state index contributed by atoms with van der Waals surface area (Å²) in [4.78, 5) is 29.5. The summed E-state index contributed by atoms with van der Waals surface area (Å²) in [6.45, 7) is 6.86. The Balaban J connectivity index is 2.03. The highest BCUT2D eigenvalue weighted by molar-refractivity contribution is 5.85. The second-order valence-corrected chi connectivity index (χ2v) is 5.69. The first-order valence-electron chi connectivity index (χ1n) is 7.74. The third-order valence-electron chi connectivity index (χ3n) is 3.80. The normalized spacial score (nSPS) is 16.2. The average molecular weight is 304 g/mol. The SMILES string of the molecule is CC(=O)CC[C@@H](Nc1ccnc(N2CCNCC2)c1)C(C)=O. The Hall–Kier alpha value is -1.95. The standard InChI is InChI=1S/C16H24N4O2/c1-12(21)3-4-15(13(2)22)19-14-5-6-18-16(11-14)20-9-7-17-8-10-20/h5-6,11,15,17H,3-4,7-10H2,1-2H3,(H,18,19)/t15-/m1/s1. The van der Waals surface area contributed by atoms with Gasteiger partial charge in [-0.2, -0.15) is 0 Å². The fourth-order valence-corrected chi connectivity index (χ4v) is 2.50. The van der Waals surface area contributed by atoms with Gasteiger partial charge in [0, 0.05) is 50.6 Å². The van der Waals surface area contributed by atoms with Crippen LogP contribution in [0.2, 0.25) is 0 Å². The summed E-state index contributed by atoms with van der Waals surface area (Å²) in [6, 6.07) is 3.49. The van der Waals surface area contributed by atoms with Crippen LogP contribution in [0.3, 0.4) is 0 Å². The molecule has 1 aromatic rings. The van der Waals surface area contributed by atoms with Gasteiger partial charge in [0.15, 0.2) is 5.78 Å². The molecule has 2 heterocycles. The molecule has 0 bridgehead atoms. The Morgan fingerprint density at radius 2 is 2.09 bits per heavy atom. The summed E-state index contributed by atoms with van der Waals surface area (Å²) in [5, 5.41) is 6.54. The fraction of sp³-hybridized carbons (Fsp3) is 0.562. The molecule has 0 radical (unpaired) electrons. The van der Waals surface area contributed by atoms with Gasteiger partial charge in [0.25, 0.3) is 0 Å². The number of pyridine rings is 1. The zero-order valence-corrected chi connectivity index (χ0v) is 13.3. The summed E-state index contributed by atoms with van der Waals surface area (Å²) in [5.41, 5.74) is 0.868. The summed E-state index contributed by atoms with van der Waals surface area (Å²) in [7, 11) is 0. The van der Waals surface area contributed by atoms with Crippen LogP contribution in [0.5, 0.6) is 0 Å². The van der Waals surface area contributed by atoms with Gasteiger partial charge in [0.1, 0.15) is 11.6 Å². The Morgan fingerprint density at radius 1 is 1.36 bits per heavy atom. The number of carbonyl (C=O) groups is 2. The minimum absolute atomic E-state index is 0.0433. The van der Waals surface area contributed by atoms with E-state index in [1.807, 2.05) is 12.1 Å². The van der Waals surface area contributed by atoms with Crippen molar-refractivity contribution in [1.82, 2.24) is 10.3 Å². The topological polar surface area (TPSA) is 74.3 Å². The van der Waals surface area contributed by atoms with Crippen molar-refractivity contribution in [3.8, 4) is 0 Å². The largest absolute Gasteiger partial charge is 0.375 e. The van der Waals surface area contributed by atoms with Crippen LogP contribution < -0.4 is 15.5 Å². The van der Waals surface area contributed by atoms with Crippen LogP contribution >= 0.6 is 0 Å². The molecular weight excluding hydrogens is 280 g/mol. The van der Waals surface area contributed by atoms with Gasteiger partial charge in [-0.15, -0.1) is 0 Å². The summed E-state index contributed by atoms with van der Waals surface area (Å²) in [6.07, 6.45) is 2.69. The van der Waals surface area contributed by atoms with Crippen molar-refractivity contribution in [2.75, 3.05) is 36.4 Å². The van der Waals surface area contributed by atoms with Gasteiger partial charge in [-0.25, -0.2) is 4.98 Å². The molecule has 0 unspecified atom stereocenters. The first-order chi connectivity index (χ1) is 10.6. The molecule has 0 saturated carbocycles. The number of piperazine rings is 1. The maximum atomic E-state index is 11.7. The second kappa shape index (κ2) is 7.89. The third kappa shape index (κ3) is 4.80. The third-order valence-corrected chi connectivity index (χ3v) is 3.80. The van der Waals surface area contributed by atoms with Crippen molar-refractivity contribution in [1.29, 1.82) is 0 Å². The molecule has 22 heavy (non-hydrogen) atoms. The van der Waals surface area contributed by atoms with Crippen molar-refractivity contribution in [2.45, 2.75) is 32.7 Å². The highest BCUT2D eigenvalue weighted by atomic mass is 16.1. The number of hydrogen-bond acceptors (Lipinski definition) is 6. The number of ketones is 2. The number of nitrogens with zero attached hydrogens (tertiary/aromatic N) is 2. The monoisotopic (exact) mass is 304 g/mol. The van der Waals surface area contributed by atoms with Crippen molar-refractivity contribution in [3.05, 3.63) is 18.3 Å². The van der Waals surface area contributed by atoms with Gasteiger partial charge in [-0.05, 0) is 26.3 Å². The number of aromatic nitrogens is 1. The van der Waals surface area contributed by atoms with Crippen LogP contribution in [-0.2, 0) is 9.59 Å². The van der Waals surface area contributed by atoms with Crippen LogP contribution in [0.4, 0.5) is 11.5 Å². The average Bonchev–Trinajstić information content (AvgIpc) is 2.52.